The van der Waals surface area contributed by atoms with Crippen molar-refractivity contribution in [3.63, 3.8) is 0 Å². The molecule has 0 N–H and O–H groups in total. The molecule has 0 spiro atoms. The van der Waals surface area contributed by atoms with E-state index in [1.54, 1.807) is 6.07 Å². The number of esters is 1. The Kier molecular flexibility index (Phi) is 5.68. The highest BCUT2D eigenvalue weighted by atomic mass is 19.1. The third-order valence-electron chi connectivity index (χ3n) is 2.67. The Bertz CT molecular complexity index is 520. The Morgan fingerprint density at radius 2 is 2.00 bits per heavy atom. The highest BCUT2D eigenvalue weighted by Gasteiger charge is 2.10. The molecule has 4 nitrogen and oxygen atoms in total. The van der Waals surface area contributed by atoms with Crippen molar-refractivity contribution in [2.75, 3.05) is 7.11 Å². The van der Waals surface area contributed by atoms with E-state index in [0.29, 0.717) is 12.8 Å². The van der Waals surface area contributed by atoms with E-state index in [4.69, 9.17) is 5.26 Å². The summed E-state index contributed by atoms with van der Waals surface area (Å²) in [7, 11) is 1.31. The molecular formula is C14H14FNO3. The van der Waals surface area contributed by atoms with E-state index in [0.717, 1.165) is 6.07 Å². The molecule has 1 rings (SSSR count). The zero-order chi connectivity index (χ0) is 14.3. The van der Waals surface area contributed by atoms with Crippen molar-refractivity contribution in [1.29, 1.82) is 5.26 Å². The van der Waals surface area contributed by atoms with Gasteiger partial charge in [-0.05, 0) is 31.0 Å². The van der Waals surface area contributed by atoms with Gasteiger partial charge in [0.2, 0.25) is 0 Å². The number of nitriles is 1. The molecule has 0 aliphatic carbocycles. The number of Topliss-reactive ketones (excluding diaryl/α,β-unsaturated/α-hetero) is 1. The molecule has 0 bridgehead atoms. The van der Waals surface area contributed by atoms with Crippen molar-refractivity contribution >= 4 is 11.8 Å². The predicted molar refractivity (Wildman–Crippen MR) is 65.9 cm³/mol. The highest BCUT2D eigenvalue weighted by Crippen LogP contribution is 2.13. The molecule has 0 atom stereocenters. The van der Waals surface area contributed by atoms with E-state index < -0.39 is 5.82 Å². The number of carbonyl (C=O) groups is 2. The summed E-state index contributed by atoms with van der Waals surface area (Å²) in [5.74, 6) is -1.20. The lowest BCUT2D eigenvalue weighted by Gasteiger charge is -2.02. The summed E-state index contributed by atoms with van der Waals surface area (Å²) in [4.78, 5) is 22.6. The second kappa shape index (κ2) is 7.27. The minimum absolute atomic E-state index is 0.0813. The number of rotatable bonds is 6. The first-order valence-electron chi connectivity index (χ1n) is 5.88. The van der Waals surface area contributed by atoms with Gasteiger partial charge in [0.15, 0.2) is 5.78 Å². The molecule has 0 radical (unpaired) electrons. The minimum Gasteiger partial charge on any atom is -0.469 e. The van der Waals surface area contributed by atoms with Crippen LogP contribution in [0.5, 0.6) is 0 Å². The second-order valence-electron chi connectivity index (χ2n) is 4.01. The van der Waals surface area contributed by atoms with E-state index in [1.165, 1.54) is 19.2 Å². The number of hydrogen-bond acceptors (Lipinski definition) is 4. The monoisotopic (exact) mass is 263 g/mol. The molecule has 0 aromatic heterocycles. The normalized spacial score (nSPS) is 9.74. The van der Waals surface area contributed by atoms with Crippen molar-refractivity contribution in [2.45, 2.75) is 25.7 Å². The summed E-state index contributed by atoms with van der Waals surface area (Å²) in [6.45, 7) is 0. The number of nitrogens with zero attached hydrogens (tertiary/aromatic N) is 1. The summed E-state index contributed by atoms with van der Waals surface area (Å²) >= 11 is 0. The number of halogens is 1. The molecule has 0 aliphatic rings. The van der Waals surface area contributed by atoms with Gasteiger partial charge in [0.25, 0.3) is 0 Å². The molecule has 0 amide bonds. The fraction of sp³-hybridized carbons (Fsp3) is 0.357. The van der Waals surface area contributed by atoms with Crippen LogP contribution in [-0.2, 0) is 9.53 Å². The largest absolute Gasteiger partial charge is 0.469 e. The van der Waals surface area contributed by atoms with Gasteiger partial charge in [-0.25, -0.2) is 4.39 Å². The van der Waals surface area contributed by atoms with Crippen molar-refractivity contribution in [2.24, 2.45) is 0 Å². The molecule has 5 heteroatoms. The van der Waals surface area contributed by atoms with Crippen LogP contribution in [0.1, 0.15) is 41.6 Å². The molecular weight excluding hydrogens is 249 g/mol. The van der Waals surface area contributed by atoms with Crippen LogP contribution in [0.25, 0.3) is 0 Å². The standard InChI is InChI=1S/C14H14FNO3/c1-19-14(18)5-3-2-4-13(17)10-6-7-11(9-16)12(15)8-10/h6-8H,2-5H2,1H3. The van der Waals surface area contributed by atoms with Gasteiger partial charge in [-0.1, -0.05) is 0 Å². The Labute approximate surface area is 110 Å². The van der Waals surface area contributed by atoms with Crippen LogP contribution in [0.3, 0.4) is 0 Å². The Balaban J connectivity index is 2.48. The average Bonchev–Trinajstić information content (AvgIpc) is 2.42. The fourth-order valence-electron chi connectivity index (χ4n) is 1.58. The summed E-state index contributed by atoms with van der Waals surface area (Å²) in [5, 5.41) is 8.58. The van der Waals surface area contributed by atoms with Gasteiger partial charge >= 0.3 is 5.97 Å². The van der Waals surface area contributed by atoms with Gasteiger partial charge in [0.1, 0.15) is 11.9 Å². The van der Waals surface area contributed by atoms with Crippen LogP contribution in [0.4, 0.5) is 4.39 Å². The van der Waals surface area contributed by atoms with Gasteiger partial charge in [0.05, 0.1) is 12.7 Å². The summed E-state index contributed by atoms with van der Waals surface area (Å²) in [5.41, 5.74) is 0.164. The van der Waals surface area contributed by atoms with E-state index in [1.807, 2.05) is 0 Å². The number of benzene rings is 1. The highest BCUT2D eigenvalue weighted by molar-refractivity contribution is 5.96. The van der Waals surface area contributed by atoms with Gasteiger partial charge in [0, 0.05) is 18.4 Å². The first-order valence-corrected chi connectivity index (χ1v) is 5.88. The molecule has 0 unspecified atom stereocenters. The van der Waals surface area contributed by atoms with Crippen molar-refractivity contribution in [1.82, 2.24) is 0 Å². The van der Waals surface area contributed by atoms with Crippen LogP contribution in [0.15, 0.2) is 18.2 Å². The van der Waals surface area contributed by atoms with Crippen LogP contribution in [0.2, 0.25) is 0 Å². The predicted octanol–water partition coefficient (Wildman–Crippen LogP) is 2.61. The van der Waals surface area contributed by atoms with Gasteiger partial charge in [-0.15, -0.1) is 0 Å². The minimum atomic E-state index is -0.692. The maximum atomic E-state index is 13.3. The zero-order valence-corrected chi connectivity index (χ0v) is 10.6. The van der Waals surface area contributed by atoms with Gasteiger partial charge < -0.3 is 4.74 Å². The van der Waals surface area contributed by atoms with E-state index in [9.17, 15) is 14.0 Å². The number of carbonyl (C=O) groups excluding carboxylic acids is 2. The maximum absolute atomic E-state index is 13.3. The topological polar surface area (TPSA) is 67.2 Å². The number of methoxy groups -OCH3 is 1. The third-order valence-corrected chi connectivity index (χ3v) is 2.67. The summed E-state index contributed by atoms with van der Waals surface area (Å²) in [6, 6.07) is 5.49. The number of hydrogen-bond donors (Lipinski definition) is 0. The molecule has 19 heavy (non-hydrogen) atoms. The Morgan fingerprint density at radius 3 is 2.58 bits per heavy atom. The van der Waals surface area contributed by atoms with Gasteiger partial charge in [-0.2, -0.15) is 5.26 Å². The fourth-order valence-corrected chi connectivity index (χ4v) is 1.58. The summed E-state index contributed by atoms with van der Waals surface area (Å²) < 4.78 is 17.8. The number of ether oxygens (including phenoxy) is 1. The molecule has 100 valence electrons. The quantitative estimate of drug-likeness (QED) is 0.449. The maximum Gasteiger partial charge on any atom is 0.305 e. The third kappa shape index (κ3) is 4.51. The average molecular weight is 263 g/mol. The Hall–Kier alpha value is -2.22. The van der Waals surface area contributed by atoms with E-state index in [2.05, 4.69) is 4.74 Å². The first-order chi connectivity index (χ1) is 9.08. The molecule has 0 saturated heterocycles. The van der Waals surface area contributed by atoms with E-state index >= 15 is 0 Å². The number of unbranched alkanes of at least 4 members (excludes halogenated alkanes) is 1. The van der Waals surface area contributed by atoms with Crippen LogP contribution in [0, 0.1) is 17.1 Å². The van der Waals surface area contributed by atoms with E-state index in [-0.39, 0.29) is 35.7 Å². The lowest BCUT2D eigenvalue weighted by molar-refractivity contribution is -0.140. The molecule has 1 aromatic rings. The zero-order valence-electron chi connectivity index (χ0n) is 10.6. The molecule has 0 saturated carbocycles. The lowest BCUT2D eigenvalue weighted by Crippen LogP contribution is -2.03. The lowest BCUT2D eigenvalue weighted by atomic mass is 10.0. The SMILES string of the molecule is COC(=O)CCCCC(=O)c1ccc(C#N)c(F)c1. The molecule has 0 aliphatic heterocycles. The molecule has 1 aromatic carbocycles. The number of ketones is 1. The van der Waals surface area contributed by atoms with Crippen molar-refractivity contribution in [3.05, 3.63) is 35.1 Å². The second-order valence-corrected chi connectivity index (χ2v) is 4.01. The van der Waals surface area contributed by atoms with Crippen LogP contribution < -0.4 is 0 Å². The molecule has 0 heterocycles. The van der Waals surface area contributed by atoms with Crippen LogP contribution in [-0.4, -0.2) is 18.9 Å². The Morgan fingerprint density at radius 1 is 1.32 bits per heavy atom. The molecule has 0 fully saturated rings. The smallest absolute Gasteiger partial charge is 0.305 e. The van der Waals surface area contributed by atoms with Crippen molar-refractivity contribution in [3.8, 4) is 6.07 Å². The summed E-state index contributed by atoms with van der Waals surface area (Å²) in [6.07, 6.45) is 1.60. The van der Waals surface area contributed by atoms with Gasteiger partial charge in [-0.3, -0.25) is 9.59 Å². The first kappa shape index (κ1) is 14.8. The van der Waals surface area contributed by atoms with Crippen molar-refractivity contribution < 1.29 is 18.7 Å². The van der Waals surface area contributed by atoms with Crippen LogP contribution >= 0.6 is 0 Å².